The molecule has 0 radical (unpaired) electrons. The Morgan fingerprint density at radius 3 is 1.76 bits per heavy atom. The molecule has 164 valence electrons. The van der Waals surface area contributed by atoms with E-state index in [1.807, 2.05) is 31.2 Å². The first-order valence-electron chi connectivity index (χ1n) is 10.4. The van der Waals surface area contributed by atoms with Crippen molar-refractivity contribution < 1.29 is 14.3 Å². The van der Waals surface area contributed by atoms with E-state index >= 15 is 0 Å². The molecule has 0 aliphatic rings. The van der Waals surface area contributed by atoms with Crippen molar-refractivity contribution in [3.63, 3.8) is 0 Å². The molecule has 2 amide bonds. The largest absolute Gasteiger partial charge is 0.457 e. The Kier molecular flexibility index (Phi) is 6.36. The number of nitrogen functional groups attached to an aromatic ring is 1. The van der Waals surface area contributed by atoms with Crippen LogP contribution in [-0.4, -0.2) is 11.8 Å². The van der Waals surface area contributed by atoms with Crippen molar-refractivity contribution in [3.8, 4) is 11.5 Å². The Bertz CT molecular complexity index is 1270. The van der Waals surface area contributed by atoms with E-state index in [-0.39, 0.29) is 11.8 Å². The number of anilines is 3. The number of ether oxygens (including phenoxy) is 1. The van der Waals surface area contributed by atoms with Crippen molar-refractivity contribution in [2.75, 3.05) is 16.4 Å². The van der Waals surface area contributed by atoms with Gasteiger partial charge in [0.25, 0.3) is 11.8 Å². The van der Waals surface area contributed by atoms with Crippen molar-refractivity contribution in [1.82, 2.24) is 0 Å². The van der Waals surface area contributed by atoms with E-state index in [2.05, 4.69) is 10.6 Å². The van der Waals surface area contributed by atoms with Gasteiger partial charge in [0.15, 0.2) is 0 Å². The highest BCUT2D eigenvalue weighted by molar-refractivity contribution is 6.06. The van der Waals surface area contributed by atoms with E-state index in [1.54, 1.807) is 72.8 Å². The molecule has 4 N–H and O–H groups in total. The van der Waals surface area contributed by atoms with E-state index < -0.39 is 0 Å². The van der Waals surface area contributed by atoms with Crippen LogP contribution in [0.2, 0.25) is 0 Å². The first-order chi connectivity index (χ1) is 16.0. The predicted octanol–water partition coefficient (Wildman–Crippen LogP) is 5.87. The number of nitrogens with two attached hydrogens (primary N) is 1. The third-order valence-electron chi connectivity index (χ3n) is 4.92. The fraction of sp³-hybridized carbons (Fsp3) is 0.0370. The SMILES string of the molecule is Cc1ccc(Oc2ccc(NC(=O)c3ccc(NC(=O)c4cccc(N)c4)cc3)cc2)cc1. The number of carbonyl (C=O) groups excluding carboxylic acids is 2. The fourth-order valence-electron chi connectivity index (χ4n) is 3.14. The molecule has 0 spiro atoms. The smallest absolute Gasteiger partial charge is 0.255 e. The summed E-state index contributed by atoms with van der Waals surface area (Å²) >= 11 is 0. The maximum absolute atomic E-state index is 12.6. The van der Waals surface area contributed by atoms with Crippen LogP contribution in [0.4, 0.5) is 17.1 Å². The first kappa shape index (κ1) is 21.6. The molecule has 6 nitrogen and oxygen atoms in total. The summed E-state index contributed by atoms with van der Waals surface area (Å²) in [5.74, 6) is 0.903. The summed E-state index contributed by atoms with van der Waals surface area (Å²) in [7, 11) is 0. The topological polar surface area (TPSA) is 93.5 Å². The standard InChI is InChI=1S/C27H23N3O3/c1-18-5-13-24(14-6-18)33-25-15-11-23(12-16-25)29-26(31)19-7-9-22(10-8-19)30-27(32)20-3-2-4-21(28)17-20/h2-17H,28H2,1H3,(H,29,31)(H,30,32). The number of aryl methyl sites for hydroxylation is 1. The molecule has 0 aliphatic heterocycles. The second-order valence-corrected chi connectivity index (χ2v) is 7.55. The molecule has 0 saturated carbocycles. The van der Waals surface area contributed by atoms with Gasteiger partial charge in [-0.1, -0.05) is 23.8 Å². The second kappa shape index (κ2) is 9.70. The Labute approximate surface area is 192 Å². The Hall–Kier alpha value is -4.58. The van der Waals surface area contributed by atoms with Crippen molar-refractivity contribution >= 4 is 28.9 Å². The van der Waals surface area contributed by atoms with Crippen molar-refractivity contribution in [3.05, 3.63) is 114 Å². The second-order valence-electron chi connectivity index (χ2n) is 7.55. The van der Waals surface area contributed by atoms with Gasteiger partial charge in [0.1, 0.15) is 11.5 Å². The molecule has 0 atom stereocenters. The Morgan fingerprint density at radius 1 is 0.667 bits per heavy atom. The minimum atomic E-state index is -0.271. The maximum Gasteiger partial charge on any atom is 0.255 e. The van der Waals surface area contributed by atoms with Gasteiger partial charge in [0.05, 0.1) is 0 Å². The van der Waals surface area contributed by atoms with Gasteiger partial charge in [0, 0.05) is 28.2 Å². The maximum atomic E-state index is 12.6. The average Bonchev–Trinajstić information content (AvgIpc) is 2.82. The lowest BCUT2D eigenvalue weighted by Gasteiger charge is -2.09. The molecule has 0 bridgehead atoms. The van der Waals surface area contributed by atoms with E-state index in [0.29, 0.717) is 33.9 Å². The lowest BCUT2D eigenvalue weighted by Crippen LogP contribution is -2.14. The van der Waals surface area contributed by atoms with Crippen LogP contribution in [-0.2, 0) is 0 Å². The van der Waals surface area contributed by atoms with Crippen LogP contribution in [0.25, 0.3) is 0 Å². The quantitative estimate of drug-likeness (QED) is 0.329. The molecule has 33 heavy (non-hydrogen) atoms. The zero-order valence-corrected chi connectivity index (χ0v) is 18.0. The zero-order valence-electron chi connectivity index (χ0n) is 18.0. The molecule has 4 aromatic rings. The summed E-state index contributed by atoms with van der Waals surface area (Å²) in [6.07, 6.45) is 0. The molecule has 0 aromatic heterocycles. The number of rotatable bonds is 6. The van der Waals surface area contributed by atoms with E-state index in [1.165, 1.54) is 0 Å². The van der Waals surface area contributed by atoms with Gasteiger partial charge in [-0.2, -0.15) is 0 Å². The Morgan fingerprint density at radius 2 is 1.18 bits per heavy atom. The van der Waals surface area contributed by atoms with Crippen LogP contribution in [0, 0.1) is 6.92 Å². The van der Waals surface area contributed by atoms with Gasteiger partial charge in [-0.25, -0.2) is 0 Å². The number of amides is 2. The third kappa shape index (κ3) is 5.77. The van der Waals surface area contributed by atoms with E-state index in [9.17, 15) is 9.59 Å². The monoisotopic (exact) mass is 437 g/mol. The number of nitrogens with one attached hydrogen (secondary N) is 2. The molecule has 0 heterocycles. The van der Waals surface area contributed by atoms with Crippen LogP contribution in [0.1, 0.15) is 26.3 Å². The minimum Gasteiger partial charge on any atom is -0.457 e. The first-order valence-corrected chi connectivity index (χ1v) is 10.4. The van der Waals surface area contributed by atoms with Gasteiger partial charge in [-0.3, -0.25) is 9.59 Å². The normalized spacial score (nSPS) is 10.3. The third-order valence-corrected chi connectivity index (χ3v) is 4.92. The van der Waals surface area contributed by atoms with Crippen LogP contribution < -0.4 is 21.1 Å². The number of hydrogen-bond donors (Lipinski definition) is 3. The Balaban J connectivity index is 1.34. The highest BCUT2D eigenvalue weighted by Crippen LogP contribution is 2.23. The van der Waals surface area contributed by atoms with Crippen molar-refractivity contribution in [2.45, 2.75) is 6.92 Å². The summed E-state index contributed by atoms with van der Waals surface area (Å²) in [5, 5.41) is 5.64. The zero-order chi connectivity index (χ0) is 23.2. The highest BCUT2D eigenvalue weighted by Gasteiger charge is 2.09. The summed E-state index contributed by atoms with van der Waals surface area (Å²) in [5.41, 5.74) is 9.57. The summed E-state index contributed by atoms with van der Waals surface area (Å²) in [4.78, 5) is 24.9. The summed E-state index contributed by atoms with van der Waals surface area (Å²) in [6.45, 7) is 2.02. The molecule has 4 aromatic carbocycles. The van der Waals surface area contributed by atoms with Crippen molar-refractivity contribution in [2.24, 2.45) is 0 Å². The van der Waals surface area contributed by atoms with Crippen LogP contribution >= 0.6 is 0 Å². The molecule has 0 saturated heterocycles. The van der Waals surface area contributed by atoms with Crippen molar-refractivity contribution in [1.29, 1.82) is 0 Å². The molecule has 0 aliphatic carbocycles. The highest BCUT2D eigenvalue weighted by atomic mass is 16.5. The number of benzene rings is 4. The fourth-order valence-corrected chi connectivity index (χ4v) is 3.14. The van der Waals surface area contributed by atoms with Gasteiger partial charge < -0.3 is 21.1 Å². The van der Waals surface area contributed by atoms with Crippen LogP contribution in [0.15, 0.2) is 97.1 Å². The van der Waals surface area contributed by atoms with Crippen LogP contribution in [0.5, 0.6) is 11.5 Å². The predicted molar refractivity (Wildman–Crippen MR) is 131 cm³/mol. The van der Waals surface area contributed by atoms with Gasteiger partial charge >= 0.3 is 0 Å². The lowest BCUT2D eigenvalue weighted by atomic mass is 10.1. The van der Waals surface area contributed by atoms with Gasteiger partial charge in [-0.15, -0.1) is 0 Å². The molecular weight excluding hydrogens is 414 g/mol. The average molecular weight is 437 g/mol. The van der Waals surface area contributed by atoms with E-state index in [4.69, 9.17) is 10.5 Å². The van der Waals surface area contributed by atoms with Gasteiger partial charge in [-0.05, 0) is 85.8 Å². The molecular formula is C27H23N3O3. The minimum absolute atomic E-state index is 0.254. The van der Waals surface area contributed by atoms with Crippen LogP contribution in [0.3, 0.4) is 0 Å². The molecule has 0 unspecified atom stereocenters. The number of hydrogen-bond acceptors (Lipinski definition) is 4. The summed E-state index contributed by atoms with van der Waals surface area (Å²) < 4.78 is 5.81. The molecule has 4 rings (SSSR count). The summed E-state index contributed by atoms with van der Waals surface area (Å²) in [6, 6.07) is 28.3. The molecule has 0 fully saturated rings. The lowest BCUT2D eigenvalue weighted by molar-refractivity contribution is 0.102. The van der Waals surface area contributed by atoms with E-state index in [0.717, 1.165) is 11.3 Å². The number of carbonyl (C=O) groups is 2. The molecule has 6 heteroatoms. The van der Waals surface area contributed by atoms with Gasteiger partial charge in [0.2, 0.25) is 0 Å².